The van der Waals surface area contributed by atoms with Crippen molar-refractivity contribution in [2.45, 2.75) is 52.2 Å². The monoisotopic (exact) mass is 296 g/mol. The maximum atomic E-state index is 12.4. The van der Waals surface area contributed by atoms with Crippen LogP contribution in [-0.4, -0.2) is 52.5 Å². The van der Waals surface area contributed by atoms with Gasteiger partial charge in [0.1, 0.15) is 5.76 Å². The number of morpholine rings is 1. The number of hydrogen-bond acceptors (Lipinski definition) is 5. The van der Waals surface area contributed by atoms with E-state index in [4.69, 9.17) is 9.26 Å². The second-order valence-corrected chi connectivity index (χ2v) is 6.26. The average molecular weight is 296 g/mol. The van der Waals surface area contributed by atoms with Crippen molar-refractivity contribution in [2.75, 3.05) is 19.7 Å². The van der Waals surface area contributed by atoms with Crippen LogP contribution in [0.25, 0.3) is 0 Å². The van der Waals surface area contributed by atoms with Crippen LogP contribution in [0.15, 0.2) is 4.52 Å². The van der Waals surface area contributed by atoms with Crippen molar-refractivity contribution in [3.8, 4) is 0 Å². The van der Waals surface area contributed by atoms with Crippen LogP contribution in [0.5, 0.6) is 0 Å². The molecular formula is C15H24N2O4. The van der Waals surface area contributed by atoms with E-state index in [2.05, 4.69) is 5.16 Å². The van der Waals surface area contributed by atoms with E-state index in [-0.39, 0.29) is 18.6 Å². The molecule has 2 rings (SSSR count). The van der Waals surface area contributed by atoms with Gasteiger partial charge in [-0.2, -0.15) is 0 Å². The molecule has 1 N–H and O–H groups in total. The van der Waals surface area contributed by atoms with E-state index in [0.29, 0.717) is 25.9 Å². The largest absolute Gasteiger partial charge is 0.394 e. The minimum atomic E-state index is -0.426. The minimum absolute atomic E-state index is 0.0723. The lowest BCUT2D eigenvalue weighted by Crippen LogP contribution is -2.55. The zero-order chi connectivity index (χ0) is 15.6. The highest BCUT2D eigenvalue weighted by atomic mass is 16.5. The highest BCUT2D eigenvalue weighted by Crippen LogP contribution is 2.22. The number of aryl methyl sites for hydroxylation is 2. The van der Waals surface area contributed by atoms with Gasteiger partial charge in [0.25, 0.3) is 0 Å². The summed E-state index contributed by atoms with van der Waals surface area (Å²) in [6.45, 7) is 8.53. The summed E-state index contributed by atoms with van der Waals surface area (Å²) in [5.41, 5.74) is 1.43. The van der Waals surface area contributed by atoms with Gasteiger partial charge >= 0.3 is 0 Å². The summed E-state index contributed by atoms with van der Waals surface area (Å²) in [4.78, 5) is 14.2. The standard InChI is InChI=1S/C15H24N2O4/c1-10-13(11(2)21-16-10)5-6-14(19)17-7-12(8-18)20-15(3,4)9-17/h12,18H,5-9H2,1-4H3. The Labute approximate surface area is 125 Å². The van der Waals surface area contributed by atoms with Gasteiger partial charge in [-0.05, 0) is 34.1 Å². The molecule has 1 aromatic heterocycles. The molecule has 0 spiro atoms. The molecule has 1 fully saturated rings. The summed E-state index contributed by atoms with van der Waals surface area (Å²) in [6, 6.07) is 0. The SMILES string of the molecule is Cc1noc(C)c1CCC(=O)N1CC(CO)OC(C)(C)C1. The van der Waals surface area contributed by atoms with Gasteiger partial charge in [0.05, 0.1) is 24.0 Å². The molecule has 0 aliphatic carbocycles. The first-order chi connectivity index (χ1) is 9.82. The van der Waals surface area contributed by atoms with E-state index < -0.39 is 5.60 Å². The van der Waals surface area contributed by atoms with Gasteiger partial charge in [-0.25, -0.2) is 0 Å². The van der Waals surface area contributed by atoms with Gasteiger partial charge in [0.15, 0.2) is 0 Å². The van der Waals surface area contributed by atoms with Gasteiger partial charge in [0, 0.05) is 25.1 Å². The summed E-state index contributed by atoms with van der Waals surface area (Å²) in [5, 5.41) is 13.2. The third-order valence-electron chi connectivity index (χ3n) is 3.81. The van der Waals surface area contributed by atoms with Crippen LogP contribution >= 0.6 is 0 Å². The third-order valence-corrected chi connectivity index (χ3v) is 3.81. The van der Waals surface area contributed by atoms with Crippen molar-refractivity contribution in [2.24, 2.45) is 0 Å². The molecular weight excluding hydrogens is 272 g/mol. The lowest BCUT2D eigenvalue weighted by molar-refractivity contribution is -0.166. The lowest BCUT2D eigenvalue weighted by Gasteiger charge is -2.42. The number of ether oxygens (including phenoxy) is 1. The van der Waals surface area contributed by atoms with Crippen LogP contribution in [0.2, 0.25) is 0 Å². The van der Waals surface area contributed by atoms with E-state index in [9.17, 15) is 9.90 Å². The normalized spacial score (nSPS) is 21.6. The number of aliphatic hydroxyl groups is 1. The second kappa shape index (κ2) is 6.15. The first kappa shape index (κ1) is 16.0. The van der Waals surface area contributed by atoms with Gasteiger partial charge < -0.3 is 19.3 Å². The van der Waals surface area contributed by atoms with E-state index in [0.717, 1.165) is 17.0 Å². The van der Waals surface area contributed by atoms with Crippen LogP contribution in [0.4, 0.5) is 0 Å². The maximum Gasteiger partial charge on any atom is 0.223 e. The summed E-state index contributed by atoms with van der Waals surface area (Å²) < 4.78 is 10.8. The Morgan fingerprint density at radius 2 is 2.19 bits per heavy atom. The maximum absolute atomic E-state index is 12.4. The van der Waals surface area contributed by atoms with Crippen LogP contribution in [0.3, 0.4) is 0 Å². The fraction of sp³-hybridized carbons (Fsp3) is 0.733. The molecule has 1 aliphatic rings. The van der Waals surface area contributed by atoms with Gasteiger partial charge in [-0.1, -0.05) is 5.16 Å². The molecule has 6 heteroatoms. The molecule has 1 aliphatic heterocycles. The Kier molecular flexibility index (Phi) is 4.68. The number of aliphatic hydroxyl groups excluding tert-OH is 1. The highest BCUT2D eigenvalue weighted by Gasteiger charge is 2.35. The predicted octanol–water partition coefficient (Wildman–Crippen LogP) is 1.22. The van der Waals surface area contributed by atoms with E-state index in [1.807, 2.05) is 27.7 Å². The average Bonchev–Trinajstić information content (AvgIpc) is 2.73. The number of rotatable bonds is 4. The lowest BCUT2D eigenvalue weighted by atomic mass is 10.0. The number of hydrogen-bond donors (Lipinski definition) is 1. The van der Waals surface area contributed by atoms with Crippen molar-refractivity contribution in [1.29, 1.82) is 0 Å². The number of amides is 1. The van der Waals surface area contributed by atoms with Crippen LogP contribution in [-0.2, 0) is 16.0 Å². The third kappa shape index (κ3) is 3.83. The van der Waals surface area contributed by atoms with Crippen molar-refractivity contribution in [3.63, 3.8) is 0 Å². The first-order valence-electron chi connectivity index (χ1n) is 7.30. The predicted molar refractivity (Wildman–Crippen MR) is 76.9 cm³/mol. The zero-order valence-corrected chi connectivity index (χ0v) is 13.2. The Balaban J connectivity index is 1.96. The summed E-state index contributed by atoms with van der Waals surface area (Å²) >= 11 is 0. The van der Waals surface area contributed by atoms with Crippen molar-refractivity contribution in [3.05, 3.63) is 17.0 Å². The zero-order valence-electron chi connectivity index (χ0n) is 13.2. The topological polar surface area (TPSA) is 75.8 Å². The van der Waals surface area contributed by atoms with Crippen LogP contribution < -0.4 is 0 Å². The fourth-order valence-corrected chi connectivity index (χ4v) is 2.83. The molecule has 0 bridgehead atoms. The van der Waals surface area contributed by atoms with E-state index in [1.54, 1.807) is 4.90 Å². The second-order valence-electron chi connectivity index (χ2n) is 6.26. The molecule has 1 atom stereocenters. The van der Waals surface area contributed by atoms with Crippen molar-refractivity contribution in [1.82, 2.24) is 10.1 Å². The number of carbonyl (C=O) groups excluding carboxylic acids is 1. The molecule has 0 radical (unpaired) electrons. The molecule has 1 amide bonds. The van der Waals surface area contributed by atoms with E-state index >= 15 is 0 Å². The number of nitrogens with zero attached hydrogens (tertiary/aromatic N) is 2. The van der Waals surface area contributed by atoms with E-state index in [1.165, 1.54) is 0 Å². The summed E-state index contributed by atoms with van der Waals surface area (Å²) in [7, 11) is 0. The summed E-state index contributed by atoms with van der Waals surface area (Å²) in [5.74, 6) is 0.848. The van der Waals surface area contributed by atoms with Gasteiger partial charge in [-0.15, -0.1) is 0 Å². The first-order valence-corrected chi connectivity index (χ1v) is 7.30. The molecule has 2 heterocycles. The molecule has 118 valence electrons. The number of carbonyl (C=O) groups is 1. The molecule has 0 saturated carbocycles. The van der Waals surface area contributed by atoms with Crippen LogP contribution in [0.1, 0.15) is 37.3 Å². The molecule has 21 heavy (non-hydrogen) atoms. The Hall–Kier alpha value is -1.40. The molecule has 1 saturated heterocycles. The smallest absolute Gasteiger partial charge is 0.223 e. The van der Waals surface area contributed by atoms with Crippen molar-refractivity contribution >= 4 is 5.91 Å². The van der Waals surface area contributed by atoms with Gasteiger partial charge in [-0.3, -0.25) is 4.79 Å². The molecule has 1 aromatic rings. The van der Waals surface area contributed by atoms with Crippen molar-refractivity contribution < 1.29 is 19.2 Å². The highest BCUT2D eigenvalue weighted by molar-refractivity contribution is 5.76. The molecule has 0 aromatic carbocycles. The van der Waals surface area contributed by atoms with Gasteiger partial charge in [0.2, 0.25) is 5.91 Å². The Morgan fingerprint density at radius 1 is 1.48 bits per heavy atom. The number of aromatic nitrogens is 1. The summed E-state index contributed by atoms with van der Waals surface area (Å²) in [6.07, 6.45) is 0.732. The molecule has 6 nitrogen and oxygen atoms in total. The Bertz CT molecular complexity index is 490. The minimum Gasteiger partial charge on any atom is -0.394 e. The fourth-order valence-electron chi connectivity index (χ4n) is 2.83. The quantitative estimate of drug-likeness (QED) is 0.904. The van der Waals surface area contributed by atoms with Crippen LogP contribution in [0, 0.1) is 13.8 Å². The molecule has 1 unspecified atom stereocenters. The Morgan fingerprint density at radius 3 is 2.76 bits per heavy atom.